The fraction of sp³-hybridized carbons (Fsp3) is 0.571. The number of aliphatic hydroxyl groups is 1. The number of halogens is 1. The summed E-state index contributed by atoms with van der Waals surface area (Å²) in [6.07, 6.45) is -0.116. The third kappa shape index (κ3) is 3.39. The predicted octanol–water partition coefficient (Wildman–Crippen LogP) is 1.65. The van der Waals surface area contributed by atoms with Crippen LogP contribution in [0.3, 0.4) is 0 Å². The number of morpholine rings is 1. The molecule has 19 heavy (non-hydrogen) atoms. The molecule has 0 aromatic heterocycles. The molecule has 0 saturated carbocycles. The zero-order valence-electron chi connectivity index (χ0n) is 11.4. The van der Waals surface area contributed by atoms with E-state index in [1.165, 1.54) is 5.56 Å². The Labute approximate surface area is 119 Å². The molecule has 106 valence electrons. The Balaban J connectivity index is 2.28. The smallest absolute Gasteiger partial charge is 0.0981 e. The lowest BCUT2D eigenvalue weighted by Crippen LogP contribution is -2.50. The molecule has 1 saturated heterocycles. The van der Waals surface area contributed by atoms with Gasteiger partial charge in [-0.15, -0.1) is 0 Å². The van der Waals surface area contributed by atoms with Crippen molar-refractivity contribution >= 4 is 17.3 Å². The molecule has 1 fully saturated rings. The Kier molecular flexibility index (Phi) is 5.05. The SMILES string of the molecule is CNCc1cc(Cl)ccc1N1CC(CO)OCC1C. The van der Waals surface area contributed by atoms with Crippen LogP contribution in [-0.2, 0) is 11.3 Å². The van der Waals surface area contributed by atoms with Crippen LogP contribution in [0.2, 0.25) is 5.02 Å². The zero-order valence-corrected chi connectivity index (χ0v) is 12.2. The standard InChI is InChI=1S/C14H21ClN2O2/c1-10-9-19-13(8-18)7-17(10)14-4-3-12(15)5-11(14)6-16-2/h3-5,10,13,16,18H,6-9H2,1-2H3. The van der Waals surface area contributed by atoms with Crippen LogP contribution in [0, 0.1) is 0 Å². The van der Waals surface area contributed by atoms with Crippen LogP contribution in [-0.4, -0.2) is 44.1 Å². The summed E-state index contributed by atoms with van der Waals surface area (Å²) in [7, 11) is 1.92. The van der Waals surface area contributed by atoms with Gasteiger partial charge in [-0.1, -0.05) is 11.6 Å². The van der Waals surface area contributed by atoms with Crippen molar-refractivity contribution in [2.24, 2.45) is 0 Å². The fourth-order valence-corrected chi connectivity index (χ4v) is 2.62. The maximum absolute atomic E-state index is 9.27. The lowest BCUT2D eigenvalue weighted by atomic mass is 10.1. The van der Waals surface area contributed by atoms with E-state index in [2.05, 4.69) is 17.1 Å². The van der Waals surface area contributed by atoms with E-state index >= 15 is 0 Å². The number of hydrogen-bond donors (Lipinski definition) is 2. The van der Waals surface area contributed by atoms with Crippen LogP contribution < -0.4 is 10.2 Å². The second-order valence-corrected chi connectivity index (χ2v) is 5.38. The van der Waals surface area contributed by atoms with Crippen molar-refractivity contribution in [3.8, 4) is 0 Å². The minimum absolute atomic E-state index is 0.0537. The highest BCUT2D eigenvalue weighted by molar-refractivity contribution is 6.30. The number of aliphatic hydroxyl groups excluding tert-OH is 1. The Morgan fingerprint density at radius 1 is 1.53 bits per heavy atom. The van der Waals surface area contributed by atoms with E-state index in [9.17, 15) is 5.11 Å². The summed E-state index contributed by atoms with van der Waals surface area (Å²) < 4.78 is 5.58. The Morgan fingerprint density at radius 3 is 3.00 bits per heavy atom. The lowest BCUT2D eigenvalue weighted by molar-refractivity contribution is -0.0103. The predicted molar refractivity (Wildman–Crippen MR) is 77.8 cm³/mol. The molecule has 1 heterocycles. The summed E-state index contributed by atoms with van der Waals surface area (Å²) >= 11 is 6.07. The molecule has 2 unspecified atom stereocenters. The largest absolute Gasteiger partial charge is 0.394 e. The van der Waals surface area contributed by atoms with Gasteiger partial charge in [0.25, 0.3) is 0 Å². The molecule has 1 aromatic carbocycles. The van der Waals surface area contributed by atoms with Crippen molar-refractivity contribution in [1.82, 2.24) is 5.32 Å². The molecule has 4 nitrogen and oxygen atoms in total. The van der Waals surface area contributed by atoms with Gasteiger partial charge in [-0.3, -0.25) is 0 Å². The third-order valence-electron chi connectivity index (χ3n) is 3.43. The van der Waals surface area contributed by atoms with Crippen LogP contribution in [0.4, 0.5) is 5.69 Å². The monoisotopic (exact) mass is 284 g/mol. The van der Waals surface area contributed by atoms with Crippen LogP contribution >= 0.6 is 11.6 Å². The number of anilines is 1. The first-order valence-electron chi connectivity index (χ1n) is 6.57. The highest BCUT2D eigenvalue weighted by atomic mass is 35.5. The van der Waals surface area contributed by atoms with Crippen LogP contribution in [0.15, 0.2) is 18.2 Å². The molecule has 1 aromatic rings. The summed E-state index contributed by atoms with van der Waals surface area (Å²) in [5.74, 6) is 0. The number of benzene rings is 1. The summed E-state index contributed by atoms with van der Waals surface area (Å²) in [4.78, 5) is 2.29. The van der Waals surface area contributed by atoms with E-state index < -0.39 is 0 Å². The maximum Gasteiger partial charge on any atom is 0.0981 e. The van der Waals surface area contributed by atoms with Crippen LogP contribution in [0.1, 0.15) is 12.5 Å². The third-order valence-corrected chi connectivity index (χ3v) is 3.66. The van der Waals surface area contributed by atoms with E-state index in [1.54, 1.807) is 0 Å². The van der Waals surface area contributed by atoms with Crippen LogP contribution in [0.5, 0.6) is 0 Å². The van der Waals surface area contributed by atoms with Gasteiger partial charge in [-0.05, 0) is 37.7 Å². The molecule has 1 aliphatic heterocycles. The lowest BCUT2D eigenvalue weighted by Gasteiger charge is -2.40. The first kappa shape index (κ1) is 14.6. The maximum atomic E-state index is 9.27. The average molecular weight is 285 g/mol. The molecule has 0 bridgehead atoms. The first-order chi connectivity index (χ1) is 9.15. The highest BCUT2D eigenvalue weighted by Crippen LogP contribution is 2.28. The average Bonchev–Trinajstić information content (AvgIpc) is 2.40. The second-order valence-electron chi connectivity index (χ2n) is 4.94. The molecule has 2 N–H and O–H groups in total. The molecule has 0 spiro atoms. The van der Waals surface area contributed by atoms with Crippen molar-refractivity contribution in [1.29, 1.82) is 0 Å². The van der Waals surface area contributed by atoms with Gasteiger partial charge in [0.05, 0.1) is 19.3 Å². The topological polar surface area (TPSA) is 44.7 Å². The van der Waals surface area contributed by atoms with Crippen molar-refractivity contribution in [3.05, 3.63) is 28.8 Å². The number of rotatable bonds is 4. The molecule has 5 heteroatoms. The fourth-order valence-electron chi connectivity index (χ4n) is 2.43. The summed E-state index contributed by atoms with van der Waals surface area (Å²) in [5.41, 5.74) is 2.33. The van der Waals surface area contributed by atoms with Gasteiger partial charge >= 0.3 is 0 Å². The van der Waals surface area contributed by atoms with E-state index in [4.69, 9.17) is 16.3 Å². The van der Waals surface area contributed by atoms with Gasteiger partial charge in [0, 0.05) is 29.8 Å². The highest BCUT2D eigenvalue weighted by Gasteiger charge is 2.27. The molecule has 0 radical (unpaired) electrons. The number of nitrogens with one attached hydrogen (secondary N) is 1. The minimum Gasteiger partial charge on any atom is -0.394 e. The van der Waals surface area contributed by atoms with Gasteiger partial charge in [0.1, 0.15) is 0 Å². The molecule has 0 aliphatic carbocycles. The second kappa shape index (κ2) is 6.57. The van der Waals surface area contributed by atoms with Crippen molar-refractivity contribution in [2.45, 2.75) is 25.6 Å². The van der Waals surface area contributed by atoms with Crippen molar-refractivity contribution < 1.29 is 9.84 Å². The van der Waals surface area contributed by atoms with E-state index in [1.807, 2.05) is 25.2 Å². The Morgan fingerprint density at radius 2 is 2.32 bits per heavy atom. The van der Waals surface area contributed by atoms with Gasteiger partial charge in [-0.2, -0.15) is 0 Å². The summed E-state index contributed by atoms with van der Waals surface area (Å²) in [5, 5.41) is 13.2. The van der Waals surface area contributed by atoms with Crippen LogP contribution in [0.25, 0.3) is 0 Å². The molecule has 0 amide bonds. The number of nitrogens with zero attached hydrogens (tertiary/aromatic N) is 1. The Hall–Kier alpha value is -0.810. The van der Waals surface area contributed by atoms with Gasteiger partial charge in [0.15, 0.2) is 0 Å². The first-order valence-corrected chi connectivity index (χ1v) is 6.95. The summed E-state index contributed by atoms with van der Waals surface area (Å²) in [6, 6.07) is 6.24. The molecule has 2 rings (SSSR count). The number of ether oxygens (including phenoxy) is 1. The minimum atomic E-state index is -0.116. The number of hydrogen-bond acceptors (Lipinski definition) is 4. The Bertz CT molecular complexity index is 428. The normalized spacial score (nSPS) is 23.7. The van der Waals surface area contributed by atoms with E-state index in [0.29, 0.717) is 19.2 Å². The summed E-state index contributed by atoms with van der Waals surface area (Å²) in [6.45, 7) is 4.29. The van der Waals surface area contributed by atoms with Gasteiger partial charge in [0.2, 0.25) is 0 Å². The van der Waals surface area contributed by atoms with Gasteiger partial charge < -0.3 is 20.1 Å². The van der Waals surface area contributed by atoms with Crippen molar-refractivity contribution in [3.63, 3.8) is 0 Å². The van der Waals surface area contributed by atoms with E-state index in [-0.39, 0.29) is 12.7 Å². The molecular formula is C14H21ClN2O2. The molecule has 2 atom stereocenters. The van der Waals surface area contributed by atoms with Gasteiger partial charge in [-0.25, -0.2) is 0 Å². The quantitative estimate of drug-likeness (QED) is 0.882. The zero-order chi connectivity index (χ0) is 13.8. The molecular weight excluding hydrogens is 264 g/mol. The van der Waals surface area contributed by atoms with Crippen molar-refractivity contribution in [2.75, 3.05) is 31.7 Å². The molecule has 1 aliphatic rings. The van der Waals surface area contributed by atoms with E-state index in [0.717, 1.165) is 17.3 Å².